The summed E-state index contributed by atoms with van der Waals surface area (Å²) in [4.78, 5) is 24.4. The normalized spacial score (nSPS) is 14.1. The number of rotatable bonds is 4. The van der Waals surface area contributed by atoms with Gasteiger partial charge in [-0.05, 0) is 55.5 Å². The minimum atomic E-state index is -1.19. The minimum Gasteiger partial charge on any atom is -0.451 e. The number of halogens is 2. The standard InChI is InChI=1S/C19H16F2O3/c1-11(24-19(23)17-15(20)6-3-7-16(17)21)18(22)14-9-8-12-4-2-5-13(12)10-14/h3,6-11H,2,4-5H2,1H3/t11-/m1/s1. The summed E-state index contributed by atoms with van der Waals surface area (Å²) in [5.41, 5.74) is 2.00. The lowest BCUT2D eigenvalue weighted by Crippen LogP contribution is -2.25. The summed E-state index contributed by atoms with van der Waals surface area (Å²) >= 11 is 0. The molecule has 0 saturated heterocycles. The fourth-order valence-electron chi connectivity index (χ4n) is 2.93. The van der Waals surface area contributed by atoms with Crippen LogP contribution in [0.4, 0.5) is 8.78 Å². The minimum absolute atomic E-state index is 0.394. The lowest BCUT2D eigenvalue weighted by molar-refractivity contribution is 0.0309. The summed E-state index contributed by atoms with van der Waals surface area (Å²) < 4.78 is 32.2. The average molecular weight is 330 g/mol. The fourth-order valence-corrected chi connectivity index (χ4v) is 2.93. The van der Waals surface area contributed by atoms with Gasteiger partial charge in [-0.1, -0.05) is 18.2 Å². The van der Waals surface area contributed by atoms with Crippen molar-refractivity contribution >= 4 is 11.8 Å². The van der Waals surface area contributed by atoms with Gasteiger partial charge in [0.2, 0.25) is 5.78 Å². The van der Waals surface area contributed by atoms with Crippen LogP contribution < -0.4 is 0 Å². The first kappa shape index (κ1) is 16.3. The third-order valence-electron chi connectivity index (χ3n) is 4.20. The molecule has 3 rings (SSSR count). The zero-order valence-electron chi connectivity index (χ0n) is 13.1. The van der Waals surface area contributed by atoms with E-state index in [4.69, 9.17) is 4.74 Å². The van der Waals surface area contributed by atoms with Crippen molar-refractivity contribution in [1.82, 2.24) is 0 Å². The van der Waals surface area contributed by atoms with Crippen LogP contribution in [0.3, 0.4) is 0 Å². The number of carbonyl (C=O) groups is 2. The van der Waals surface area contributed by atoms with Gasteiger partial charge >= 0.3 is 5.97 Å². The highest BCUT2D eigenvalue weighted by Gasteiger charge is 2.25. The van der Waals surface area contributed by atoms with Gasteiger partial charge in [0.15, 0.2) is 6.10 Å². The van der Waals surface area contributed by atoms with Gasteiger partial charge in [-0.15, -0.1) is 0 Å². The van der Waals surface area contributed by atoms with Crippen LogP contribution in [-0.4, -0.2) is 17.9 Å². The summed E-state index contributed by atoms with van der Waals surface area (Å²) in [6.45, 7) is 1.40. The quantitative estimate of drug-likeness (QED) is 0.631. The van der Waals surface area contributed by atoms with E-state index >= 15 is 0 Å². The molecule has 0 aliphatic heterocycles. The molecule has 2 aromatic rings. The first-order chi connectivity index (χ1) is 11.5. The maximum atomic E-state index is 13.6. The molecule has 0 aromatic heterocycles. The predicted octanol–water partition coefficient (Wildman–Crippen LogP) is 3.88. The van der Waals surface area contributed by atoms with E-state index in [0.717, 1.165) is 43.0 Å². The van der Waals surface area contributed by atoms with Crippen molar-refractivity contribution in [2.24, 2.45) is 0 Å². The molecule has 2 aromatic carbocycles. The van der Waals surface area contributed by atoms with Crippen molar-refractivity contribution in [2.75, 3.05) is 0 Å². The van der Waals surface area contributed by atoms with Crippen LogP contribution in [0.15, 0.2) is 36.4 Å². The van der Waals surface area contributed by atoms with Gasteiger partial charge in [-0.3, -0.25) is 4.79 Å². The molecule has 24 heavy (non-hydrogen) atoms. The van der Waals surface area contributed by atoms with Crippen molar-refractivity contribution in [3.8, 4) is 0 Å². The highest BCUT2D eigenvalue weighted by atomic mass is 19.1. The Balaban J connectivity index is 1.76. The van der Waals surface area contributed by atoms with Crippen LogP contribution in [0.5, 0.6) is 0 Å². The van der Waals surface area contributed by atoms with E-state index in [9.17, 15) is 18.4 Å². The third-order valence-corrected chi connectivity index (χ3v) is 4.20. The van der Waals surface area contributed by atoms with Gasteiger partial charge in [0.05, 0.1) is 0 Å². The Bertz CT molecular complexity index is 794. The summed E-state index contributed by atoms with van der Waals surface area (Å²) in [5.74, 6) is -3.61. The molecular formula is C19H16F2O3. The van der Waals surface area contributed by atoms with Gasteiger partial charge < -0.3 is 4.74 Å². The Morgan fingerprint density at radius 1 is 1.04 bits per heavy atom. The second-order valence-corrected chi connectivity index (χ2v) is 5.85. The van der Waals surface area contributed by atoms with E-state index in [1.807, 2.05) is 6.07 Å². The lowest BCUT2D eigenvalue weighted by Gasteiger charge is -2.13. The van der Waals surface area contributed by atoms with Gasteiger partial charge in [0, 0.05) is 5.56 Å². The molecule has 5 heteroatoms. The number of benzene rings is 2. The summed E-state index contributed by atoms with van der Waals surface area (Å²) in [6.07, 6.45) is 1.85. The van der Waals surface area contributed by atoms with Crippen LogP contribution in [0, 0.1) is 11.6 Å². The van der Waals surface area contributed by atoms with Gasteiger partial charge in [-0.2, -0.15) is 0 Å². The molecule has 0 spiro atoms. The third kappa shape index (κ3) is 3.07. The monoisotopic (exact) mass is 330 g/mol. The Labute approximate surface area is 138 Å². The summed E-state index contributed by atoms with van der Waals surface area (Å²) in [7, 11) is 0. The summed E-state index contributed by atoms with van der Waals surface area (Å²) in [6, 6.07) is 8.49. The number of aryl methyl sites for hydroxylation is 2. The molecule has 0 saturated carbocycles. The molecule has 1 atom stereocenters. The molecule has 0 N–H and O–H groups in total. The molecular weight excluding hydrogens is 314 g/mol. The topological polar surface area (TPSA) is 43.4 Å². The van der Waals surface area contributed by atoms with E-state index in [0.29, 0.717) is 5.56 Å². The Morgan fingerprint density at radius 3 is 2.42 bits per heavy atom. The second-order valence-electron chi connectivity index (χ2n) is 5.85. The molecule has 124 valence electrons. The zero-order chi connectivity index (χ0) is 17.3. The predicted molar refractivity (Wildman–Crippen MR) is 84.0 cm³/mol. The van der Waals surface area contributed by atoms with Crippen LogP contribution in [-0.2, 0) is 17.6 Å². The van der Waals surface area contributed by atoms with Crippen molar-refractivity contribution in [1.29, 1.82) is 0 Å². The number of fused-ring (bicyclic) bond motifs is 1. The first-order valence-corrected chi connectivity index (χ1v) is 7.78. The number of hydrogen-bond donors (Lipinski definition) is 0. The molecule has 0 amide bonds. The number of ether oxygens (including phenoxy) is 1. The van der Waals surface area contributed by atoms with E-state index in [1.165, 1.54) is 12.5 Å². The summed E-state index contributed by atoms with van der Waals surface area (Å²) in [5, 5.41) is 0. The molecule has 1 aliphatic carbocycles. The molecule has 1 aliphatic rings. The Morgan fingerprint density at radius 2 is 1.71 bits per heavy atom. The zero-order valence-corrected chi connectivity index (χ0v) is 13.1. The molecule has 0 bridgehead atoms. The molecule has 0 fully saturated rings. The smallest absolute Gasteiger partial charge is 0.344 e. The SMILES string of the molecule is C[C@@H](OC(=O)c1c(F)cccc1F)C(=O)c1ccc2c(c1)CCC2. The van der Waals surface area contributed by atoms with Gasteiger partial charge in [0.1, 0.15) is 17.2 Å². The number of esters is 1. The molecule has 0 unspecified atom stereocenters. The highest BCUT2D eigenvalue weighted by Crippen LogP contribution is 2.24. The lowest BCUT2D eigenvalue weighted by atomic mass is 10.0. The fraction of sp³-hybridized carbons (Fsp3) is 0.263. The van der Waals surface area contributed by atoms with Crippen molar-refractivity contribution in [3.63, 3.8) is 0 Å². The maximum Gasteiger partial charge on any atom is 0.344 e. The van der Waals surface area contributed by atoms with E-state index in [-0.39, 0.29) is 0 Å². The highest BCUT2D eigenvalue weighted by molar-refractivity contribution is 6.01. The molecule has 0 radical (unpaired) electrons. The van der Waals surface area contributed by atoms with Crippen LogP contribution >= 0.6 is 0 Å². The largest absolute Gasteiger partial charge is 0.451 e. The average Bonchev–Trinajstić information content (AvgIpc) is 3.01. The number of hydrogen-bond acceptors (Lipinski definition) is 3. The van der Waals surface area contributed by atoms with Crippen LogP contribution in [0.25, 0.3) is 0 Å². The first-order valence-electron chi connectivity index (χ1n) is 7.78. The van der Waals surface area contributed by atoms with Crippen molar-refractivity contribution in [2.45, 2.75) is 32.3 Å². The van der Waals surface area contributed by atoms with E-state index < -0.39 is 35.1 Å². The van der Waals surface area contributed by atoms with E-state index in [1.54, 1.807) is 12.1 Å². The van der Waals surface area contributed by atoms with Crippen LogP contribution in [0.1, 0.15) is 45.2 Å². The number of Topliss-reactive ketones (excluding diaryl/α,β-unsaturated/α-hetero) is 1. The Kier molecular flexibility index (Phi) is 4.42. The number of ketones is 1. The van der Waals surface area contributed by atoms with Crippen molar-refractivity contribution < 1.29 is 23.1 Å². The van der Waals surface area contributed by atoms with Crippen molar-refractivity contribution in [3.05, 3.63) is 70.3 Å². The molecule has 0 heterocycles. The molecule has 3 nitrogen and oxygen atoms in total. The maximum absolute atomic E-state index is 13.6. The second kappa shape index (κ2) is 6.51. The van der Waals surface area contributed by atoms with Crippen LogP contribution in [0.2, 0.25) is 0 Å². The van der Waals surface area contributed by atoms with E-state index in [2.05, 4.69) is 0 Å². The Hall–Kier alpha value is -2.56. The van der Waals surface area contributed by atoms with Gasteiger partial charge in [0.25, 0.3) is 0 Å². The number of carbonyl (C=O) groups excluding carboxylic acids is 2. The van der Waals surface area contributed by atoms with Gasteiger partial charge in [-0.25, -0.2) is 13.6 Å².